The summed E-state index contributed by atoms with van der Waals surface area (Å²) in [5.41, 5.74) is 1.79. The van der Waals surface area contributed by atoms with E-state index in [1.54, 1.807) is 52.3 Å². The number of aryl methyl sites for hydroxylation is 1. The van der Waals surface area contributed by atoms with Crippen LogP contribution in [0, 0.1) is 12.7 Å². The Morgan fingerprint density at radius 2 is 1.73 bits per heavy atom. The van der Waals surface area contributed by atoms with Crippen molar-refractivity contribution in [2.45, 2.75) is 18.4 Å². The SMILES string of the molecule is CN(C)C=O.COc1cc(OC)c(F)c(N2Cc3cnc4c(cc(C)n4S(=O)(=O)c4ccccc4)c3N(C)C2=O)c1. The number of carbonyl (C=O) groups excluding carboxylic acids is 2. The molecule has 0 saturated carbocycles. The van der Waals surface area contributed by atoms with Crippen molar-refractivity contribution in [1.82, 2.24) is 13.9 Å². The molecule has 2 aromatic heterocycles. The second kappa shape index (κ2) is 11.5. The molecule has 4 aromatic rings. The Balaban J connectivity index is 0.000000714. The lowest BCUT2D eigenvalue weighted by Crippen LogP contribution is -2.45. The summed E-state index contributed by atoms with van der Waals surface area (Å²) in [6.07, 6.45) is 2.26. The Morgan fingerprint density at radius 1 is 1.07 bits per heavy atom. The van der Waals surface area contributed by atoms with Crippen molar-refractivity contribution in [1.29, 1.82) is 0 Å². The maximum absolute atomic E-state index is 15.2. The topological polar surface area (TPSA) is 114 Å². The second-order valence-corrected chi connectivity index (χ2v) is 11.2. The molecular formula is C28H30FN5O6S. The molecule has 2 aromatic carbocycles. The van der Waals surface area contributed by atoms with Gasteiger partial charge in [-0.2, -0.15) is 0 Å². The number of amides is 3. The number of hydrogen-bond acceptors (Lipinski definition) is 7. The van der Waals surface area contributed by atoms with Crippen LogP contribution in [0.2, 0.25) is 0 Å². The van der Waals surface area contributed by atoms with E-state index < -0.39 is 21.9 Å². The van der Waals surface area contributed by atoms with Gasteiger partial charge in [0.25, 0.3) is 10.0 Å². The third kappa shape index (κ3) is 5.27. The molecule has 41 heavy (non-hydrogen) atoms. The van der Waals surface area contributed by atoms with E-state index in [9.17, 15) is 18.0 Å². The molecule has 3 heterocycles. The number of aromatic nitrogens is 2. The van der Waals surface area contributed by atoms with Gasteiger partial charge in [0.1, 0.15) is 5.75 Å². The first-order valence-electron chi connectivity index (χ1n) is 12.3. The highest BCUT2D eigenvalue weighted by atomic mass is 32.2. The van der Waals surface area contributed by atoms with E-state index in [4.69, 9.17) is 9.47 Å². The number of carbonyl (C=O) groups is 2. The minimum atomic E-state index is -3.92. The number of halogens is 1. The number of pyridine rings is 1. The quantitative estimate of drug-likeness (QED) is 0.315. The van der Waals surface area contributed by atoms with Crippen molar-refractivity contribution in [2.24, 2.45) is 0 Å². The molecule has 0 bridgehead atoms. The average Bonchev–Trinajstić information content (AvgIpc) is 3.32. The van der Waals surface area contributed by atoms with Crippen LogP contribution in [0.15, 0.2) is 59.6 Å². The van der Waals surface area contributed by atoms with E-state index in [2.05, 4.69) is 4.98 Å². The lowest BCUT2D eigenvalue weighted by atomic mass is 10.1. The van der Waals surface area contributed by atoms with Crippen LogP contribution in [0.4, 0.5) is 20.6 Å². The van der Waals surface area contributed by atoms with Gasteiger partial charge in [0.2, 0.25) is 6.41 Å². The highest BCUT2D eigenvalue weighted by Crippen LogP contribution is 2.41. The van der Waals surface area contributed by atoms with Crippen LogP contribution in [0.25, 0.3) is 11.0 Å². The second-order valence-electron chi connectivity index (χ2n) is 9.40. The largest absolute Gasteiger partial charge is 0.497 e. The first kappa shape index (κ1) is 29.3. The molecule has 0 aliphatic carbocycles. The fraction of sp³-hybridized carbons (Fsp3) is 0.250. The van der Waals surface area contributed by atoms with Crippen molar-refractivity contribution < 1.29 is 31.9 Å². The molecule has 0 unspecified atom stereocenters. The number of benzene rings is 2. The van der Waals surface area contributed by atoms with Crippen LogP contribution >= 0.6 is 0 Å². The molecule has 216 valence electrons. The molecule has 0 saturated heterocycles. The Bertz CT molecular complexity index is 1720. The Hall–Kier alpha value is -4.65. The summed E-state index contributed by atoms with van der Waals surface area (Å²) >= 11 is 0. The van der Waals surface area contributed by atoms with Crippen LogP contribution in [-0.4, -0.2) is 70.1 Å². The molecule has 0 radical (unpaired) electrons. The van der Waals surface area contributed by atoms with Gasteiger partial charge in [0.05, 0.1) is 37.0 Å². The summed E-state index contributed by atoms with van der Waals surface area (Å²) in [7, 11) is 3.78. The zero-order valence-electron chi connectivity index (χ0n) is 23.5. The summed E-state index contributed by atoms with van der Waals surface area (Å²) < 4.78 is 53.5. The molecule has 0 fully saturated rings. The van der Waals surface area contributed by atoms with Crippen LogP contribution in [0.3, 0.4) is 0 Å². The van der Waals surface area contributed by atoms with Gasteiger partial charge in [0, 0.05) is 56.1 Å². The van der Waals surface area contributed by atoms with Gasteiger partial charge in [-0.1, -0.05) is 18.2 Å². The van der Waals surface area contributed by atoms with Crippen molar-refractivity contribution >= 4 is 44.9 Å². The molecule has 0 spiro atoms. The van der Waals surface area contributed by atoms with Gasteiger partial charge in [-0.3, -0.25) is 14.6 Å². The minimum absolute atomic E-state index is 0.00537. The predicted octanol–water partition coefficient (Wildman–Crippen LogP) is 4.02. The number of urea groups is 1. The van der Waals surface area contributed by atoms with Gasteiger partial charge in [-0.15, -0.1) is 0 Å². The van der Waals surface area contributed by atoms with Crippen molar-refractivity contribution in [2.75, 3.05) is 45.2 Å². The molecular weight excluding hydrogens is 553 g/mol. The fourth-order valence-corrected chi connectivity index (χ4v) is 6.03. The van der Waals surface area contributed by atoms with E-state index in [0.29, 0.717) is 28.1 Å². The van der Waals surface area contributed by atoms with Crippen molar-refractivity contribution in [3.8, 4) is 11.5 Å². The lowest BCUT2D eigenvalue weighted by molar-refractivity contribution is -0.115. The molecule has 0 N–H and O–H groups in total. The summed E-state index contributed by atoms with van der Waals surface area (Å²) in [5, 5.41) is 0.503. The van der Waals surface area contributed by atoms with Crippen LogP contribution < -0.4 is 19.3 Å². The molecule has 13 heteroatoms. The molecule has 3 amide bonds. The summed E-state index contributed by atoms with van der Waals surface area (Å²) in [6.45, 7) is 1.69. The standard InChI is InChI=1S/C25H23FN4O5S.C3H7NO/c1-15-10-19-23-16(13-27-24(19)30(15)36(32,33)18-8-6-5-7-9-18)14-29(25(31)28(23)2)20-11-17(34-3)12-21(35-4)22(20)26;1-4(2)3-5/h5-13H,14H2,1-4H3;3H,1-2H3. The smallest absolute Gasteiger partial charge is 0.329 e. The van der Waals surface area contributed by atoms with E-state index >= 15 is 4.39 Å². The lowest BCUT2D eigenvalue weighted by Gasteiger charge is -2.35. The van der Waals surface area contributed by atoms with E-state index in [1.807, 2.05) is 0 Å². The van der Waals surface area contributed by atoms with Crippen LogP contribution in [-0.2, 0) is 21.4 Å². The first-order valence-corrected chi connectivity index (χ1v) is 13.8. The van der Waals surface area contributed by atoms with Gasteiger partial charge in [-0.05, 0) is 25.1 Å². The summed E-state index contributed by atoms with van der Waals surface area (Å²) in [5.74, 6) is -0.427. The predicted molar refractivity (Wildman–Crippen MR) is 153 cm³/mol. The van der Waals surface area contributed by atoms with Gasteiger partial charge >= 0.3 is 6.03 Å². The molecule has 1 aliphatic heterocycles. The van der Waals surface area contributed by atoms with Crippen molar-refractivity contribution in [3.05, 3.63) is 71.8 Å². The van der Waals surface area contributed by atoms with Crippen LogP contribution in [0.5, 0.6) is 11.5 Å². The van der Waals surface area contributed by atoms with E-state index in [1.165, 1.54) is 63.4 Å². The summed E-state index contributed by atoms with van der Waals surface area (Å²) in [4.78, 5) is 31.5. The Kier molecular flexibility index (Phi) is 8.19. The normalized spacial score (nSPS) is 12.9. The maximum Gasteiger partial charge on any atom is 0.329 e. The molecule has 5 rings (SSSR count). The Labute approximate surface area is 237 Å². The van der Waals surface area contributed by atoms with Crippen LogP contribution in [0.1, 0.15) is 11.3 Å². The van der Waals surface area contributed by atoms with E-state index in [-0.39, 0.29) is 28.5 Å². The number of methoxy groups -OCH3 is 2. The molecule has 0 atom stereocenters. The van der Waals surface area contributed by atoms with Crippen molar-refractivity contribution in [3.63, 3.8) is 0 Å². The number of rotatable bonds is 6. The number of nitrogens with zero attached hydrogens (tertiary/aromatic N) is 5. The fourth-order valence-electron chi connectivity index (χ4n) is 4.52. The molecule has 1 aliphatic rings. The van der Waals surface area contributed by atoms with E-state index in [0.717, 1.165) is 6.41 Å². The highest BCUT2D eigenvalue weighted by molar-refractivity contribution is 7.90. The number of ether oxygens (including phenoxy) is 2. The first-order chi connectivity index (χ1) is 19.5. The minimum Gasteiger partial charge on any atom is -0.497 e. The highest BCUT2D eigenvalue weighted by Gasteiger charge is 2.35. The number of anilines is 2. The number of hydrogen-bond donors (Lipinski definition) is 0. The third-order valence-electron chi connectivity index (χ3n) is 6.42. The average molecular weight is 584 g/mol. The molecule has 11 nitrogen and oxygen atoms in total. The Morgan fingerprint density at radius 3 is 2.32 bits per heavy atom. The zero-order chi connectivity index (χ0) is 30.1. The third-order valence-corrected chi connectivity index (χ3v) is 8.23. The maximum atomic E-state index is 15.2. The zero-order valence-corrected chi connectivity index (χ0v) is 24.3. The van der Waals surface area contributed by atoms with Gasteiger partial charge < -0.3 is 14.4 Å². The summed E-state index contributed by atoms with van der Waals surface area (Å²) in [6, 6.07) is 12.1. The number of fused-ring (bicyclic) bond motifs is 3. The monoisotopic (exact) mass is 583 g/mol. The van der Waals surface area contributed by atoms with Gasteiger partial charge in [-0.25, -0.2) is 26.6 Å². The van der Waals surface area contributed by atoms with Gasteiger partial charge in [0.15, 0.2) is 17.2 Å².